The molecule has 0 aromatic heterocycles. The maximum absolute atomic E-state index is 12.9. The third-order valence-corrected chi connectivity index (χ3v) is 6.17. The van der Waals surface area contributed by atoms with Crippen LogP contribution in [0.3, 0.4) is 0 Å². The quantitative estimate of drug-likeness (QED) is 0.861. The highest BCUT2D eigenvalue weighted by Gasteiger charge is 2.54. The Bertz CT molecular complexity index is 418. The summed E-state index contributed by atoms with van der Waals surface area (Å²) in [7, 11) is 0. The zero-order valence-corrected chi connectivity index (χ0v) is 13.2. The fraction of sp³-hybridized carbons (Fsp3) is 0.867. The molecule has 20 heavy (non-hydrogen) atoms. The second-order valence-corrected chi connectivity index (χ2v) is 7.88. The van der Waals surface area contributed by atoms with Gasteiger partial charge in [0.25, 0.3) is 0 Å². The smallest absolute Gasteiger partial charge is 0.249 e. The number of piperazine rings is 1. The Labute approximate surface area is 125 Å². The first-order chi connectivity index (χ1) is 9.52. The number of hydrogen-bond donors (Lipinski definition) is 1. The third-order valence-electron chi connectivity index (χ3n) is 5.12. The van der Waals surface area contributed by atoms with Crippen LogP contribution in [0.25, 0.3) is 0 Å². The molecule has 0 aromatic rings. The lowest BCUT2D eigenvalue weighted by Gasteiger charge is -2.45. The Hall–Kier alpha value is -0.710. The molecule has 0 radical (unpaired) electrons. The minimum atomic E-state index is -0.646. The van der Waals surface area contributed by atoms with E-state index >= 15 is 0 Å². The zero-order chi connectivity index (χ0) is 14.3. The van der Waals surface area contributed by atoms with Gasteiger partial charge in [0.2, 0.25) is 11.8 Å². The van der Waals surface area contributed by atoms with Crippen LogP contribution in [0.2, 0.25) is 0 Å². The predicted octanol–water partition coefficient (Wildman–Crippen LogP) is 1.65. The zero-order valence-electron chi connectivity index (χ0n) is 12.4. The highest BCUT2D eigenvalue weighted by molar-refractivity contribution is 7.99. The molecule has 112 valence electrons. The summed E-state index contributed by atoms with van der Waals surface area (Å²) in [5, 5.41) is 2.99. The lowest BCUT2D eigenvalue weighted by atomic mass is 9.88. The van der Waals surface area contributed by atoms with Crippen LogP contribution in [0.5, 0.6) is 0 Å². The van der Waals surface area contributed by atoms with Gasteiger partial charge in [-0.05, 0) is 62.9 Å². The van der Waals surface area contributed by atoms with Crippen LogP contribution < -0.4 is 5.32 Å². The van der Waals surface area contributed by atoms with Crippen molar-refractivity contribution in [2.75, 3.05) is 18.1 Å². The fourth-order valence-electron chi connectivity index (χ4n) is 3.42. The van der Waals surface area contributed by atoms with E-state index in [0.717, 1.165) is 19.4 Å². The number of carbonyl (C=O) groups excluding carboxylic acids is 2. The molecule has 2 unspecified atom stereocenters. The van der Waals surface area contributed by atoms with E-state index in [1.165, 1.54) is 24.3 Å². The lowest BCUT2D eigenvalue weighted by Crippen LogP contribution is -2.70. The summed E-state index contributed by atoms with van der Waals surface area (Å²) in [4.78, 5) is 27.0. The van der Waals surface area contributed by atoms with E-state index in [0.29, 0.717) is 11.8 Å². The fourth-order valence-corrected chi connectivity index (χ4v) is 4.62. The summed E-state index contributed by atoms with van der Waals surface area (Å²) in [6.45, 7) is 4.54. The molecule has 1 saturated carbocycles. The predicted molar refractivity (Wildman–Crippen MR) is 80.5 cm³/mol. The number of rotatable bonds is 3. The number of amides is 2. The van der Waals surface area contributed by atoms with E-state index in [1.54, 1.807) is 0 Å². The topological polar surface area (TPSA) is 49.4 Å². The number of thioether (sulfide) groups is 1. The summed E-state index contributed by atoms with van der Waals surface area (Å²) < 4.78 is 0. The van der Waals surface area contributed by atoms with Gasteiger partial charge in [-0.3, -0.25) is 9.59 Å². The summed E-state index contributed by atoms with van der Waals surface area (Å²) in [6, 6.07) is -0.316. The van der Waals surface area contributed by atoms with E-state index < -0.39 is 5.54 Å². The molecule has 5 heteroatoms. The SMILES string of the molecule is CC1C(=O)NC(C)(C2CC2)C(=O)N1CC1CCSCC1. The van der Waals surface area contributed by atoms with Gasteiger partial charge in [0.15, 0.2) is 0 Å². The molecular weight excluding hydrogens is 272 g/mol. The summed E-state index contributed by atoms with van der Waals surface area (Å²) in [6.07, 6.45) is 4.46. The van der Waals surface area contributed by atoms with Crippen molar-refractivity contribution in [1.82, 2.24) is 10.2 Å². The number of hydrogen-bond acceptors (Lipinski definition) is 3. The van der Waals surface area contributed by atoms with E-state index in [-0.39, 0.29) is 17.9 Å². The molecule has 0 spiro atoms. The van der Waals surface area contributed by atoms with Crippen molar-refractivity contribution in [2.45, 2.75) is 51.1 Å². The van der Waals surface area contributed by atoms with Gasteiger partial charge in [0.1, 0.15) is 11.6 Å². The maximum Gasteiger partial charge on any atom is 0.249 e. The first kappa shape index (κ1) is 14.2. The summed E-state index contributed by atoms with van der Waals surface area (Å²) >= 11 is 1.99. The van der Waals surface area contributed by atoms with E-state index in [4.69, 9.17) is 0 Å². The van der Waals surface area contributed by atoms with Gasteiger partial charge in [-0.1, -0.05) is 0 Å². The molecule has 2 heterocycles. The molecule has 2 saturated heterocycles. The highest BCUT2D eigenvalue weighted by Crippen LogP contribution is 2.42. The summed E-state index contributed by atoms with van der Waals surface area (Å²) in [5.41, 5.74) is -0.646. The lowest BCUT2D eigenvalue weighted by molar-refractivity contribution is -0.155. The Morgan fingerprint density at radius 3 is 2.50 bits per heavy atom. The van der Waals surface area contributed by atoms with Crippen molar-refractivity contribution >= 4 is 23.6 Å². The molecule has 4 nitrogen and oxygen atoms in total. The first-order valence-electron chi connectivity index (χ1n) is 7.73. The molecule has 3 rings (SSSR count). The molecule has 2 amide bonds. The molecule has 1 aliphatic carbocycles. The van der Waals surface area contributed by atoms with Crippen LogP contribution >= 0.6 is 11.8 Å². The van der Waals surface area contributed by atoms with Gasteiger partial charge in [-0.25, -0.2) is 0 Å². The Morgan fingerprint density at radius 2 is 1.90 bits per heavy atom. The Balaban J connectivity index is 1.75. The second kappa shape index (κ2) is 5.24. The standard InChI is InChI=1S/C15H24N2O2S/c1-10-13(18)16-15(2,12-3-4-12)14(19)17(10)9-11-5-7-20-8-6-11/h10-12H,3-9H2,1-2H3,(H,16,18). The van der Waals surface area contributed by atoms with E-state index in [2.05, 4.69) is 5.32 Å². The van der Waals surface area contributed by atoms with Gasteiger partial charge < -0.3 is 10.2 Å². The van der Waals surface area contributed by atoms with Crippen molar-refractivity contribution in [3.8, 4) is 0 Å². The highest BCUT2D eigenvalue weighted by atomic mass is 32.2. The van der Waals surface area contributed by atoms with Crippen LogP contribution in [0.15, 0.2) is 0 Å². The Morgan fingerprint density at radius 1 is 1.25 bits per heavy atom. The van der Waals surface area contributed by atoms with Crippen LogP contribution in [0.1, 0.15) is 39.5 Å². The van der Waals surface area contributed by atoms with Crippen molar-refractivity contribution in [1.29, 1.82) is 0 Å². The average molecular weight is 296 g/mol. The Kier molecular flexibility index (Phi) is 3.73. The molecule has 0 bridgehead atoms. The van der Waals surface area contributed by atoms with Crippen LogP contribution in [-0.4, -0.2) is 46.3 Å². The molecule has 2 aliphatic heterocycles. The van der Waals surface area contributed by atoms with E-state index in [1.807, 2.05) is 30.5 Å². The molecule has 0 aromatic carbocycles. The maximum atomic E-state index is 12.9. The second-order valence-electron chi connectivity index (χ2n) is 6.66. The van der Waals surface area contributed by atoms with E-state index in [9.17, 15) is 9.59 Å². The van der Waals surface area contributed by atoms with Gasteiger partial charge in [-0.2, -0.15) is 11.8 Å². The number of nitrogens with one attached hydrogen (secondary N) is 1. The average Bonchev–Trinajstić information content (AvgIpc) is 3.27. The van der Waals surface area contributed by atoms with Crippen molar-refractivity contribution in [3.63, 3.8) is 0 Å². The molecule has 3 aliphatic rings. The number of nitrogens with zero attached hydrogens (tertiary/aromatic N) is 1. The monoisotopic (exact) mass is 296 g/mol. The minimum Gasteiger partial charge on any atom is -0.340 e. The summed E-state index contributed by atoms with van der Waals surface area (Å²) in [5.74, 6) is 3.45. The molecular formula is C15H24N2O2S. The minimum absolute atomic E-state index is 0.0178. The van der Waals surface area contributed by atoms with Gasteiger partial charge in [0.05, 0.1) is 0 Å². The van der Waals surface area contributed by atoms with Crippen LogP contribution in [0.4, 0.5) is 0 Å². The largest absolute Gasteiger partial charge is 0.340 e. The van der Waals surface area contributed by atoms with Crippen LogP contribution in [-0.2, 0) is 9.59 Å². The van der Waals surface area contributed by atoms with Crippen molar-refractivity contribution < 1.29 is 9.59 Å². The van der Waals surface area contributed by atoms with Gasteiger partial charge >= 0.3 is 0 Å². The van der Waals surface area contributed by atoms with Crippen molar-refractivity contribution in [2.24, 2.45) is 11.8 Å². The molecule has 1 N–H and O–H groups in total. The third kappa shape index (κ3) is 2.45. The van der Waals surface area contributed by atoms with Gasteiger partial charge in [-0.15, -0.1) is 0 Å². The molecule has 2 atom stereocenters. The van der Waals surface area contributed by atoms with Crippen LogP contribution in [0, 0.1) is 11.8 Å². The van der Waals surface area contributed by atoms with Crippen molar-refractivity contribution in [3.05, 3.63) is 0 Å². The number of carbonyl (C=O) groups is 2. The van der Waals surface area contributed by atoms with Gasteiger partial charge in [0, 0.05) is 6.54 Å². The molecule has 3 fully saturated rings. The normalized spacial score (nSPS) is 36.1. The first-order valence-corrected chi connectivity index (χ1v) is 8.88.